The molecule has 140 valence electrons. The average Bonchev–Trinajstić information content (AvgIpc) is 2.98. The minimum atomic E-state index is -0.757. The molecule has 1 N–H and O–H groups in total. The highest BCUT2D eigenvalue weighted by atomic mass is 19.1. The van der Waals surface area contributed by atoms with E-state index in [2.05, 4.69) is 15.3 Å². The van der Waals surface area contributed by atoms with Crippen LogP contribution >= 0.6 is 0 Å². The number of rotatable bonds is 4. The second kappa shape index (κ2) is 6.68. The van der Waals surface area contributed by atoms with Crippen LogP contribution in [0.15, 0.2) is 18.2 Å². The first-order valence-corrected chi connectivity index (χ1v) is 8.68. The number of nitrogens with zero attached hydrogens (tertiary/aromatic N) is 2. The first-order chi connectivity index (χ1) is 13.0. The highest BCUT2D eigenvalue weighted by Crippen LogP contribution is 2.38. The summed E-state index contributed by atoms with van der Waals surface area (Å²) in [6, 6.07) is 3.56. The van der Waals surface area contributed by atoms with E-state index in [9.17, 15) is 18.4 Å². The standard InChI is InChI=1S/C19H17F2N3O3/c1-27-19(26)10-5-9(6-10)7-13-16-14(8-22-18(16)25)24-17(23-13)15-11(20)3-2-4-12(15)21/h2-4,9-10H,5-8H2,1H3,(H,22,25). The SMILES string of the molecule is COC(=O)C1CC(Cc2nc(-c3c(F)cccc3F)nc3c2C(=O)NC3)C1. The van der Waals surface area contributed by atoms with Crippen molar-refractivity contribution in [3.05, 3.63) is 46.8 Å². The molecule has 0 radical (unpaired) electrons. The largest absolute Gasteiger partial charge is 0.469 e. The van der Waals surface area contributed by atoms with Crippen LogP contribution in [-0.4, -0.2) is 29.0 Å². The second-order valence-corrected chi connectivity index (χ2v) is 6.86. The summed E-state index contributed by atoms with van der Waals surface area (Å²) in [5.41, 5.74) is 0.964. The van der Waals surface area contributed by atoms with Crippen molar-refractivity contribution in [2.45, 2.75) is 25.8 Å². The number of hydrogen-bond acceptors (Lipinski definition) is 5. The predicted octanol–water partition coefficient (Wildman–Crippen LogP) is 2.41. The van der Waals surface area contributed by atoms with Crippen molar-refractivity contribution in [2.24, 2.45) is 11.8 Å². The maximum atomic E-state index is 14.2. The monoisotopic (exact) mass is 373 g/mol. The van der Waals surface area contributed by atoms with Crippen molar-refractivity contribution < 1.29 is 23.1 Å². The number of halogens is 2. The summed E-state index contributed by atoms with van der Waals surface area (Å²) in [5.74, 6) is -2.11. The van der Waals surface area contributed by atoms with E-state index >= 15 is 0 Å². The lowest BCUT2D eigenvalue weighted by Crippen LogP contribution is -2.33. The van der Waals surface area contributed by atoms with Crippen LogP contribution in [0.3, 0.4) is 0 Å². The number of fused-ring (bicyclic) bond motifs is 1. The van der Waals surface area contributed by atoms with Crippen molar-refractivity contribution >= 4 is 11.9 Å². The van der Waals surface area contributed by atoms with Gasteiger partial charge in [-0.05, 0) is 37.3 Å². The Morgan fingerprint density at radius 1 is 1.22 bits per heavy atom. The van der Waals surface area contributed by atoms with Crippen molar-refractivity contribution in [3.8, 4) is 11.4 Å². The molecule has 0 atom stereocenters. The molecule has 27 heavy (non-hydrogen) atoms. The molecule has 1 amide bonds. The van der Waals surface area contributed by atoms with Gasteiger partial charge in [-0.1, -0.05) is 6.07 Å². The van der Waals surface area contributed by atoms with Gasteiger partial charge < -0.3 is 10.1 Å². The number of carbonyl (C=O) groups excluding carboxylic acids is 2. The molecule has 1 saturated carbocycles. The number of hydrogen-bond donors (Lipinski definition) is 1. The molecule has 0 bridgehead atoms. The Bertz CT molecular complexity index is 922. The van der Waals surface area contributed by atoms with Crippen LogP contribution in [0.2, 0.25) is 0 Å². The maximum Gasteiger partial charge on any atom is 0.308 e. The topological polar surface area (TPSA) is 81.2 Å². The van der Waals surface area contributed by atoms with Crippen LogP contribution in [0.1, 0.15) is 34.6 Å². The van der Waals surface area contributed by atoms with E-state index in [1.54, 1.807) is 0 Å². The lowest BCUT2D eigenvalue weighted by atomic mass is 9.72. The zero-order chi connectivity index (χ0) is 19.1. The summed E-state index contributed by atoms with van der Waals surface area (Å²) in [6.45, 7) is 0.197. The minimum absolute atomic E-state index is 0.0697. The summed E-state index contributed by atoms with van der Waals surface area (Å²) in [6.07, 6.45) is 1.71. The quantitative estimate of drug-likeness (QED) is 0.833. The fraction of sp³-hybridized carbons (Fsp3) is 0.368. The molecule has 0 spiro atoms. The summed E-state index contributed by atoms with van der Waals surface area (Å²) in [4.78, 5) is 32.3. The van der Waals surface area contributed by atoms with E-state index < -0.39 is 11.6 Å². The summed E-state index contributed by atoms with van der Waals surface area (Å²) < 4.78 is 33.1. The van der Waals surface area contributed by atoms with Gasteiger partial charge in [-0.2, -0.15) is 0 Å². The molecule has 0 unspecified atom stereocenters. The molecule has 1 aliphatic carbocycles. The molecule has 1 aromatic carbocycles. The maximum absolute atomic E-state index is 14.2. The Labute approximate surface area is 154 Å². The molecule has 6 nitrogen and oxygen atoms in total. The van der Waals surface area contributed by atoms with Crippen molar-refractivity contribution in [2.75, 3.05) is 7.11 Å². The lowest BCUT2D eigenvalue weighted by molar-refractivity contribution is -0.150. The Hall–Kier alpha value is -2.90. The molecular formula is C19H17F2N3O3. The minimum Gasteiger partial charge on any atom is -0.469 e. The number of aromatic nitrogens is 2. The van der Waals surface area contributed by atoms with Crippen LogP contribution in [0.5, 0.6) is 0 Å². The second-order valence-electron chi connectivity index (χ2n) is 6.86. The van der Waals surface area contributed by atoms with Crippen LogP contribution in [0.25, 0.3) is 11.4 Å². The number of nitrogens with one attached hydrogen (secondary N) is 1. The molecule has 1 aliphatic heterocycles. The number of ether oxygens (including phenoxy) is 1. The first-order valence-electron chi connectivity index (χ1n) is 8.68. The molecule has 2 aliphatic rings. The molecule has 1 fully saturated rings. The third kappa shape index (κ3) is 3.05. The summed E-state index contributed by atoms with van der Waals surface area (Å²) in [7, 11) is 1.35. The van der Waals surface area contributed by atoms with Gasteiger partial charge in [-0.25, -0.2) is 18.7 Å². The third-order valence-corrected chi connectivity index (χ3v) is 5.14. The zero-order valence-electron chi connectivity index (χ0n) is 14.6. The van der Waals surface area contributed by atoms with Gasteiger partial charge in [0, 0.05) is 0 Å². The van der Waals surface area contributed by atoms with Gasteiger partial charge in [0.25, 0.3) is 5.91 Å². The van der Waals surface area contributed by atoms with Gasteiger partial charge in [-0.3, -0.25) is 9.59 Å². The van der Waals surface area contributed by atoms with Crippen molar-refractivity contribution in [3.63, 3.8) is 0 Å². The first kappa shape index (κ1) is 17.5. The van der Waals surface area contributed by atoms with Crippen molar-refractivity contribution in [1.29, 1.82) is 0 Å². The fourth-order valence-corrected chi connectivity index (χ4v) is 3.71. The van der Waals surface area contributed by atoms with Crippen LogP contribution in [0.4, 0.5) is 8.78 Å². The molecule has 8 heteroatoms. The zero-order valence-corrected chi connectivity index (χ0v) is 14.6. The van der Waals surface area contributed by atoms with Crippen LogP contribution in [0, 0.1) is 23.5 Å². The molecule has 2 aromatic rings. The average molecular weight is 373 g/mol. The van der Waals surface area contributed by atoms with Gasteiger partial charge in [0.15, 0.2) is 5.82 Å². The van der Waals surface area contributed by atoms with Gasteiger partial charge in [0.2, 0.25) is 0 Å². The van der Waals surface area contributed by atoms with Crippen LogP contribution < -0.4 is 5.32 Å². The Morgan fingerprint density at radius 3 is 2.59 bits per heavy atom. The fourth-order valence-electron chi connectivity index (χ4n) is 3.71. The number of methoxy groups -OCH3 is 1. The molecule has 2 heterocycles. The summed E-state index contributed by atoms with van der Waals surface area (Å²) in [5, 5.41) is 2.68. The van der Waals surface area contributed by atoms with E-state index in [0.29, 0.717) is 36.2 Å². The Balaban J connectivity index is 1.68. The molecule has 1 aromatic heterocycles. The van der Waals surface area contributed by atoms with Gasteiger partial charge in [0.05, 0.1) is 42.1 Å². The van der Waals surface area contributed by atoms with E-state index in [-0.39, 0.29) is 41.6 Å². The van der Waals surface area contributed by atoms with Crippen molar-refractivity contribution in [1.82, 2.24) is 15.3 Å². The van der Waals surface area contributed by atoms with Crippen LogP contribution in [-0.2, 0) is 22.5 Å². The molecule has 4 rings (SSSR count). The number of esters is 1. The predicted molar refractivity (Wildman–Crippen MR) is 90.5 cm³/mol. The lowest BCUT2D eigenvalue weighted by Gasteiger charge is -2.33. The van der Waals surface area contributed by atoms with E-state index in [1.807, 2.05) is 0 Å². The smallest absolute Gasteiger partial charge is 0.308 e. The normalized spacial score (nSPS) is 20.6. The van der Waals surface area contributed by atoms with E-state index in [0.717, 1.165) is 12.1 Å². The Kier molecular flexibility index (Phi) is 4.33. The third-order valence-electron chi connectivity index (χ3n) is 5.14. The molecule has 0 saturated heterocycles. The number of carbonyl (C=O) groups is 2. The number of amides is 1. The van der Waals surface area contributed by atoms with Gasteiger partial charge >= 0.3 is 5.97 Å². The molecular weight excluding hydrogens is 356 g/mol. The van der Waals surface area contributed by atoms with Gasteiger partial charge in [0.1, 0.15) is 11.6 Å². The highest BCUT2D eigenvalue weighted by molar-refractivity contribution is 5.99. The summed E-state index contributed by atoms with van der Waals surface area (Å²) >= 11 is 0. The van der Waals surface area contributed by atoms with E-state index in [1.165, 1.54) is 13.2 Å². The Morgan fingerprint density at radius 2 is 1.93 bits per heavy atom. The number of benzene rings is 1. The highest BCUT2D eigenvalue weighted by Gasteiger charge is 2.37. The van der Waals surface area contributed by atoms with Gasteiger partial charge in [-0.15, -0.1) is 0 Å². The van der Waals surface area contributed by atoms with E-state index in [4.69, 9.17) is 4.74 Å².